The molecule has 5 rings (SSSR count). The van der Waals surface area contributed by atoms with Gasteiger partial charge in [-0.3, -0.25) is 0 Å². The summed E-state index contributed by atoms with van der Waals surface area (Å²) in [5.41, 5.74) is 6.51. The SMILES string of the molecule is CN(C)c1ccccc1P(c1ccccc1N(C)C)[C@@H]1CCC[C@@H]1P(c1ccccc1N(C)C)c1ccccc1N(C)C. The van der Waals surface area contributed by atoms with Gasteiger partial charge in [-0.15, -0.1) is 0 Å². The van der Waals surface area contributed by atoms with E-state index in [9.17, 15) is 0 Å². The van der Waals surface area contributed by atoms with Gasteiger partial charge in [0.2, 0.25) is 0 Å². The molecular formula is C37H48N4P2. The van der Waals surface area contributed by atoms with Crippen molar-refractivity contribution in [3.8, 4) is 0 Å². The maximum atomic E-state index is 2.42. The molecule has 0 aromatic heterocycles. The zero-order chi connectivity index (χ0) is 30.7. The number of para-hydroxylation sites is 4. The topological polar surface area (TPSA) is 13.0 Å². The molecule has 4 nitrogen and oxygen atoms in total. The second-order valence-corrected chi connectivity index (χ2v) is 17.1. The molecule has 6 heteroatoms. The summed E-state index contributed by atoms with van der Waals surface area (Å²) in [6.45, 7) is 0. The van der Waals surface area contributed by atoms with E-state index in [0.717, 1.165) is 0 Å². The smallest absolute Gasteiger partial charge is 0.0442 e. The molecule has 226 valence electrons. The van der Waals surface area contributed by atoms with Crippen LogP contribution in [0.3, 0.4) is 0 Å². The molecule has 4 aromatic rings. The lowest BCUT2D eigenvalue weighted by Crippen LogP contribution is -2.36. The summed E-state index contributed by atoms with van der Waals surface area (Å²) in [5, 5.41) is 6.02. The number of nitrogens with zero attached hydrogens (tertiary/aromatic N) is 4. The fourth-order valence-corrected chi connectivity index (χ4v) is 14.4. The number of benzene rings is 4. The lowest BCUT2D eigenvalue weighted by molar-refractivity contribution is 0.888. The molecule has 43 heavy (non-hydrogen) atoms. The van der Waals surface area contributed by atoms with Crippen molar-refractivity contribution in [2.45, 2.75) is 30.6 Å². The quantitative estimate of drug-likeness (QED) is 0.192. The zero-order valence-electron chi connectivity index (χ0n) is 27.2. The van der Waals surface area contributed by atoms with Crippen LogP contribution in [0.25, 0.3) is 0 Å². The monoisotopic (exact) mass is 610 g/mol. The molecule has 1 aliphatic carbocycles. The van der Waals surface area contributed by atoms with E-state index in [1.54, 1.807) is 0 Å². The number of anilines is 4. The van der Waals surface area contributed by atoms with Gasteiger partial charge in [-0.2, -0.15) is 0 Å². The van der Waals surface area contributed by atoms with Crippen LogP contribution in [0, 0.1) is 0 Å². The Bertz CT molecular complexity index is 1300. The summed E-state index contributed by atoms with van der Waals surface area (Å²) in [6.07, 6.45) is 3.79. The molecule has 2 atom stereocenters. The van der Waals surface area contributed by atoms with Crippen LogP contribution in [0.5, 0.6) is 0 Å². The van der Waals surface area contributed by atoms with E-state index in [1.165, 1.54) is 63.2 Å². The molecule has 0 radical (unpaired) electrons. The molecule has 0 aliphatic heterocycles. The molecule has 0 unspecified atom stereocenters. The van der Waals surface area contributed by atoms with Gasteiger partial charge >= 0.3 is 0 Å². The van der Waals surface area contributed by atoms with Gasteiger partial charge in [-0.25, -0.2) is 0 Å². The van der Waals surface area contributed by atoms with E-state index in [0.29, 0.717) is 11.3 Å². The van der Waals surface area contributed by atoms with Gasteiger partial charge in [-0.1, -0.05) is 79.2 Å². The van der Waals surface area contributed by atoms with Crippen LogP contribution in [0.2, 0.25) is 0 Å². The van der Waals surface area contributed by atoms with E-state index in [4.69, 9.17) is 0 Å². The fourth-order valence-electron chi connectivity index (χ4n) is 6.68. The van der Waals surface area contributed by atoms with Crippen LogP contribution in [0.4, 0.5) is 22.7 Å². The highest BCUT2D eigenvalue weighted by molar-refractivity contribution is 7.78. The third-order valence-electron chi connectivity index (χ3n) is 8.60. The average molecular weight is 611 g/mol. The van der Waals surface area contributed by atoms with Crippen molar-refractivity contribution in [2.24, 2.45) is 0 Å². The largest absolute Gasteiger partial charge is 0.377 e. The van der Waals surface area contributed by atoms with E-state index in [2.05, 4.69) is 173 Å². The third kappa shape index (κ3) is 6.43. The summed E-state index contributed by atoms with van der Waals surface area (Å²) in [6, 6.07) is 36.8. The number of hydrogen-bond donors (Lipinski definition) is 0. The highest BCUT2D eigenvalue weighted by atomic mass is 31.1. The van der Waals surface area contributed by atoms with Gasteiger partial charge in [0.15, 0.2) is 0 Å². The molecule has 0 saturated heterocycles. The van der Waals surface area contributed by atoms with Crippen LogP contribution in [-0.2, 0) is 0 Å². The second-order valence-electron chi connectivity index (χ2n) is 12.3. The molecule has 1 saturated carbocycles. The first-order chi connectivity index (χ1) is 20.7. The normalized spacial score (nSPS) is 16.5. The zero-order valence-corrected chi connectivity index (χ0v) is 29.0. The van der Waals surface area contributed by atoms with Crippen LogP contribution in [0.15, 0.2) is 97.1 Å². The van der Waals surface area contributed by atoms with Crippen molar-refractivity contribution < 1.29 is 0 Å². The highest BCUT2D eigenvalue weighted by Gasteiger charge is 2.43. The molecule has 4 aromatic carbocycles. The average Bonchev–Trinajstić information content (AvgIpc) is 3.47. The maximum absolute atomic E-state index is 2.42. The van der Waals surface area contributed by atoms with Gasteiger partial charge < -0.3 is 19.6 Å². The minimum absolute atomic E-state index is 0.564. The van der Waals surface area contributed by atoms with Gasteiger partial charge in [0, 0.05) is 100 Å². The molecule has 0 bridgehead atoms. The van der Waals surface area contributed by atoms with Crippen molar-refractivity contribution in [3.05, 3.63) is 97.1 Å². The standard InChI is InChI=1S/C37H48N4P2/c1-38(2)28-18-9-13-22-32(28)42(33-23-14-10-19-29(33)39(3)4)36-26-17-27-37(36)43(34-24-15-11-20-30(34)40(5)6)35-25-16-12-21-31(35)41(7)8/h9-16,18-25,36-37H,17,26-27H2,1-8H3/t36-,37+. The van der Waals surface area contributed by atoms with Crippen molar-refractivity contribution in [1.82, 2.24) is 0 Å². The first-order valence-corrected chi connectivity index (χ1v) is 18.2. The van der Waals surface area contributed by atoms with Gasteiger partial charge in [0.25, 0.3) is 0 Å². The fraction of sp³-hybridized carbons (Fsp3) is 0.351. The Morgan fingerprint density at radius 2 is 0.628 bits per heavy atom. The summed E-state index contributed by atoms with van der Waals surface area (Å²) in [7, 11) is 16.3. The molecular weight excluding hydrogens is 562 g/mol. The van der Waals surface area contributed by atoms with Crippen LogP contribution < -0.4 is 40.8 Å². The van der Waals surface area contributed by atoms with Crippen molar-refractivity contribution >= 4 is 59.8 Å². The Morgan fingerprint density at radius 1 is 0.395 bits per heavy atom. The summed E-state index contributed by atoms with van der Waals surface area (Å²) < 4.78 is 0. The molecule has 0 N–H and O–H groups in total. The Hall–Kier alpha value is -3.06. The maximum Gasteiger partial charge on any atom is 0.0442 e. The van der Waals surface area contributed by atoms with Crippen LogP contribution in [0.1, 0.15) is 19.3 Å². The molecule has 1 fully saturated rings. The third-order valence-corrected chi connectivity index (χ3v) is 15.0. The first-order valence-electron chi connectivity index (χ1n) is 15.3. The van der Waals surface area contributed by atoms with E-state index in [1.807, 2.05) is 0 Å². The number of hydrogen-bond acceptors (Lipinski definition) is 4. The van der Waals surface area contributed by atoms with E-state index < -0.39 is 15.8 Å². The highest BCUT2D eigenvalue weighted by Crippen LogP contribution is 2.60. The Kier molecular flexibility index (Phi) is 10.0. The molecule has 0 amide bonds. The summed E-state index contributed by atoms with van der Waals surface area (Å²) in [5.74, 6) is 0. The van der Waals surface area contributed by atoms with Crippen LogP contribution >= 0.6 is 15.8 Å². The Morgan fingerprint density at radius 3 is 0.860 bits per heavy atom. The molecule has 1 aliphatic rings. The lowest BCUT2D eigenvalue weighted by Gasteiger charge is -2.39. The van der Waals surface area contributed by atoms with E-state index in [-0.39, 0.29) is 0 Å². The summed E-state index contributed by atoms with van der Waals surface area (Å²) >= 11 is 0. The lowest BCUT2D eigenvalue weighted by atomic mass is 10.3. The Balaban J connectivity index is 1.78. The predicted octanol–water partition coefficient (Wildman–Crippen LogP) is 6.44. The minimum Gasteiger partial charge on any atom is -0.377 e. The number of rotatable bonds is 10. The van der Waals surface area contributed by atoms with Gasteiger partial charge in [-0.05, 0) is 64.3 Å². The van der Waals surface area contributed by atoms with Gasteiger partial charge in [0.1, 0.15) is 0 Å². The molecule has 0 spiro atoms. The summed E-state index contributed by atoms with van der Waals surface area (Å²) in [4.78, 5) is 9.27. The van der Waals surface area contributed by atoms with E-state index >= 15 is 0 Å². The Labute approximate surface area is 262 Å². The van der Waals surface area contributed by atoms with Gasteiger partial charge in [0.05, 0.1) is 0 Å². The second kappa shape index (κ2) is 13.7. The van der Waals surface area contributed by atoms with Crippen molar-refractivity contribution in [1.29, 1.82) is 0 Å². The van der Waals surface area contributed by atoms with Crippen molar-refractivity contribution in [2.75, 3.05) is 76.0 Å². The molecule has 0 heterocycles. The minimum atomic E-state index is -0.655. The first kappa shape index (κ1) is 31.4. The van der Waals surface area contributed by atoms with Crippen molar-refractivity contribution in [3.63, 3.8) is 0 Å². The van der Waals surface area contributed by atoms with Crippen LogP contribution in [-0.4, -0.2) is 67.7 Å². The predicted molar refractivity (Wildman–Crippen MR) is 197 cm³/mol.